The van der Waals surface area contributed by atoms with Crippen molar-refractivity contribution in [3.8, 4) is 0 Å². The standard InChI is InChI=1S/C15H16N2O4S/c18-13(17-6-5-9(8-17)15(20)21)7-12-14(19)16-10-3-1-2-4-11(10)22-12/h1-4,9,12H,5-8H2,(H,16,19)(H,20,21)/t9-,12-/m0/s1. The van der Waals surface area contributed by atoms with E-state index >= 15 is 0 Å². The minimum absolute atomic E-state index is 0.0944. The van der Waals surface area contributed by atoms with Crippen LogP contribution in [0.25, 0.3) is 0 Å². The summed E-state index contributed by atoms with van der Waals surface area (Å²) < 4.78 is 0. The van der Waals surface area contributed by atoms with Crippen LogP contribution in [0.2, 0.25) is 0 Å². The number of nitrogens with one attached hydrogen (secondary N) is 1. The molecule has 6 nitrogen and oxygen atoms in total. The van der Waals surface area contributed by atoms with E-state index in [9.17, 15) is 14.4 Å². The molecule has 0 spiro atoms. The molecule has 1 aromatic rings. The normalized spacial score (nSPS) is 23.8. The Morgan fingerprint density at radius 3 is 2.86 bits per heavy atom. The highest BCUT2D eigenvalue weighted by Crippen LogP contribution is 2.37. The topological polar surface area (TPSA) is 86.7 Å². The molecule has 2 N–H and O–H groups in total. The summed E-state index contributed by atoms with van der Waals surface area (Å²) >= 11 is 1.38. The molecule has 0 bridgehead atoms. The van der Waals surface area contributed by atoms with Gasteiger partial charge < -0.3 is 15.3 Å². The molecular weight excluding hydrogens is 304 g/mol. The van der Waals surface area contributed by atoms with E-state index in [0.717, 1.165) is 10.6 Å². The molecule has 2 aliphatic heterocycles. The summed E-state index contributed by atoms with van der Waals surface area (Å²) in [4.78, 5) is 37.8. The fraction of sp³-hybridized carbons (Fsp3) is 0.400. The van der Waals surface area contributed by atoms with Gasteiger partial charge in [0.2, 0.25) is 11.8 Å². The lowest BCUT2D eigenvalue weighted by Crippen LogP contribution is -2.36. The lowest BCUT2D eigenvalue weighted by atomic mass is 10.1. The molecule has 2 amide bonds. The molecule has 116 valence electrons. The van der Waals surface area contributed by atoms with E-state index < -0.39 is 17.1 Å². The summed E-state index contributed by atoms with van der Waals surface area (Å²) in [6, 6.07) is 7.48. The smallest absolute Gasteiger partial charge is 0.308 e. The van der Waals surface area contributed by atoms with Gasteiger partial charge in [-0.25, -0.2) is 0 Å². The summed E-state index contributed by atoms with van der Waals surface area (Å²) in [7, 11) is 0. The van der Waals surface area contributed by atoms with Crippen molar-refractivity contribution in [2.24, 2.45) is 5.92 Å². The number of hydrogen-bond acceptors (Lipinski definition) is 4. The number of carbonyl (C=O) groups excluding carboxylic acids is 2. The maximum absolute atomic E-state index is 12.3. The van der Waals surface area contributed by atoms with Crippen molar-refractivity contribution in [1.29, 1.82) is 0 Å². The third-order valence-corrected chi connectivity index (χ3v) is 5.23. The summed E-state index contributed by atoms with van der Waals surface area (Å²) in [5.41, 5.74) is 0.772. The number of fused-ring (bicyclic) bond motifs is 1. The average molecular weight is 320 g/mol. The lowest BCUT2D eigenvalue weighted by molar-refractivity contribution is -0.141. The predicted octanol–water partition coefficient (Wildman–Crippen LogP) is 1.42. The minimum atomic E-state index is -0.867. The van der Waals surface area contributed by atoms with Gasteiger partial charge >= 0.3 is 5.97 Å². The van der Waals surface area contributed by atoms with Crippen molar-refractivity contribution in [2.45, 2.75) is 23.0 Å². The summed E-state index contributed by atoms with van der Waals surface area (Å²) in [5, 5.41) is 11.3. The lowest BCUT2D eigenvalue weighted by Gasteiger charge is -2.25. The number of para-hydroxylation sites is 1. The second-order valence-corrected chi connectivity index (χ2v) is 6.70. The Morgan fingerprint density at radius 1 is 1.36 bits per heavy atom. The Kier molecular flexibility index (Phi) is 4.06. The van der Waals surface area contributed by atoms with E-state index in [2.05, 4.69) is 5.32 Å². The monoisotopic (exact) mass is 320 g/mol. The molecule has 0 unspecified atom stereocenters. The quantitative estimate of drug-likeness (QED) is 0.879. The molecule has 1 fully saturated rings. The fourth-order valence-electron chi connectivity index (χ4n) is 2.70. The number of carboxylic acid groups (broad SMARTS) is 1. The van der Waals surface area contributed by atoms with Crippen molar-refractivity contribution >= 4 is 35.2 Å². The number of carboxylic acids is 1. The van der Waals surface area contributed by atoms with Crippen LogP contribution < -0.4 is 5.32 Å². The highest BCUT2D eigenvalue weighted by Gasteiger charge is 2.34. The van der Waals surface area contributed by atoms with Crippen LogP contribution in [0, 0.1) is 5.92 Å². The number of likely N-dealkylation sites (tertiary alicyclic amines) is 1. The Balaban J connectivity index is 1.63. The Bertz CT molecular complexity index is 634. The van der Waals surface area contributed by atoms with Crippen molar-refractivity contribution in [1.82, 2.24) is 4.90 Å². The van der Waals surface area contributed by atoms with Gasteiger partial charge in [-0.15, -0.1) is 11.8 Å². The molecule has 7 heteroatoms. The molecule has 0 aliphatic carbocycles. The fourth-order valence-corrected chi connectivity index (χ4v) is 3.80. The minimum Gasteiger partial charge on any atom is -0.481 e. The van der Waals surface area contributed by atoms with Gasteiger partial charge in [-0.1, -0.05) is 12.1 Å². The highest BCUT2D eigenvalue weighted by molar-refractivity contribution is 8.01. The van der Waals surface area contributed by atoms with Crippen molar-refractivity contribution < 1.29 is 19.5 Å². The second kappa shape index (κ2) is 6.00. The third-order valence-electron chi connectivity index (χ3n) is 3.96. The van der Waals surface area contributed by atoms with Gasteiger partial charge in [-0.3, -0.25) is 14.4 Å². The van der Waals surface area contributed by atoms with E-state index in [1.165, 1.54) is 11.8 Å². The average Bonchev–Trinajstić information content (AvgIpc) is 2.98. The Morgan fingerprint density at radius 2 is 2.14 bits per heavy atom. The van der Waals surface area contributed by atoms with Gasteiger partial charge in [0.05, 0.1) is 16.9 Å². The number of aliphatic carboxylic acids is 1. The molecule has 0 radical (unpaired) electrons. The molecule has 3 rings (SSSR count). The van der Waals surface area contributed by atoms with E-state index in [4.69, 9.17) is 5.11 Å². The third kappa shape index (κ3) is 2.94. The first-order valence-electron chi connectivity index (χ1n) is 7.11. The molecule has 1 aromatic carbocycles. The van der Waals surface area contributed by atoms with Crippen LogP contribution in [0.15, 0.2) is 29.2 Å². The number of nitrogens with zero attached hydrogens (tertiary/aromatic N) is 1. The molecule has 22 heavy (non-hydrogen) atoms. The molecule has 2 atom stereocenters. The van der Waals surface area contributed by atoms with Gasteiger partial charge in [0.25, 0.3) is 0 Å². The van der Waals surface area contributed by atoms with Gasteiger partial charge in [0.1, 0.15) is 0 Å². The van der Waals surface area contributed by atoms with Crippen molar-refractivity contribution in [2.75, 3.05) is 18.4 Å². The maximum atomic E-state index is 12.3. The van der Waals surface area contributed by atoms with Crippen molar-refractivity contribution in [3.63, 3.8) is 0 Å². The first-order chi connectivity index (χ1) is 10.5. The van der Waals surface area contributed by atoms with Gasteiger partial charge in [-0.2, -0.15) is 0 Å². The SMILES string of the molecule is O=C(O)[C@H]1CCN(C(=O)C[C@@H]2Sc3ccccc3NC2=O)C1. The number of rotatable bonds is 3. The number of benzene rings is 1. The zero-order chi connectivity index (χ0) is 15.7. The van der Waals surface area contributed by atoms with Crippen LogP contribution in [0.5, 0.6) is 0 Å². The van der Waals surface area contributed by atoms with Gasteiger partial charge in [0.15, 0.2) is 0 Å². The number of thioether (sulfide) groups is 1. The van der Waals surface area contributed by atoms with E-state index in [1.54, 1.807) is 4.90 Å². The molecule has 0 aromatic heterocycles. The van der Waals surface area contributed by atoms with Crippen LogP contribution in [0.3, 0.4) is 0 Å². The number of hydrogen-bond donors (Lipinski definition) is 2. The molecule has 0 saturated carbocycles. The summed E-state index contributed by atoms with van der Waals surface area (Å²) in [5.74, 6) is -1.69. The first-order valence-corrected chi connectivity index (χ1v) is 7.99. The largest absolute Gasteiger partial charge is 0.481 e. The number of anilines is 1. The zero-order valence-corrected chi connectivity index (χ0v) is 12.6. The molecule has 1 saturated heterocycles. The van der Waals surface area contributed by atoms with E-state index in [1.807, 2.05) is 24.3 Å². The van der Waals surface area contributed by atoms with Crippen LogP contribution >= 0.6 is 11.8 Å². The molecule has 2 heterocycles. The number of carbonyl (C=O) groups is 3. The zero-order valence-electron chi connectivity index (χ0n) is 11.8. The Labute approximate surface area is 131 Å². The van der Waals surface area contributed by atoms with E-state index in [-0.39, 0.29) is 24.8 Å². The van der Waals surface area contributed by atoms with Gasteiger partial charge in [0, 0.05) is 24.4 Å². The van der Waals surface area contributed by atoms with Crippen molar-refractivity contribution in [3.05, 3.63) is 24.3 Å². The van der Waals surface area contributed by atoms with Crippen LogP contribution in [0.1, 0.15) is 12.8 Å². The molecule has 2 aliphatic rings. The van der Waals surface area contributed by atoms with Crippen LogP contribution in [-0.4, -0.2) is 46.1 Å². The number of amides is 2. The van der Waals surface area contributed by atoms with Crippen LogP contribution in [0.4, 0.5) is 5.69 Å². The maximum Gasteiger partial charge on any atom is 0.308 e. The van der Waals surface area contributed by atoms with Gasteiger partial charge in [-0.05, 0) is 18.6 Å². The highest BCUT2D eigenvalue weighted by atomic mass is 32.2. The second-order valence-electron chi connectivity index (χ2n) is 5.46. The first kappa shape index (κ1) is 14.9. The summed E-state index contributed by atoms with van der Waals surface area (Å²) in [6.07, 6.45) is 0.574. The van der Waals surface area contributed by atoms with Crippen LogP contribution in [-0.2, 0) is 14.4 Å². The Hall–Kier alpha value is -2.02. The predicted molar refractivity (Wildman–Crippen MR) is 81.7 cm³/mol. The molecular formula is C15H16N2O4S. The van der Waals surface area contributed by atoms with E-state index in [0.29, 0.717) is 13.0 Å². The summed E-state index contributed by atoms with van der Waals surface area (Å²) in [6.45, 7) is 0.690.